The minimum absolute atomic E-state index is 0.0122. The molecular formula is C28H28F2N6O5S2. The van der Waals surface area contributed by atoms with Crippen molar-refractivity contribution < 1.29 is 28.2 Å². The average molecular weight is 631 g/mol. The Labute approximate surface area is 254 Å². The fourth-order valence-electron chi connectivity index (χ4n) is 5.43. The van der Waals surface area contributed by atoms with E-state index in [0.717, 1.165) is 18.9 Å². The molecule has 3 fully saturated rings. The lowest BCUT2D eigenvalue weighted by molar-refractivity contribution is 0.0694. The first-order valence-electron chi connectivity index (χ1n) is 13.7. The van der Waals surface area contributed by atoms with Gasteiger partial charge in [-0.05, 0) is 43.4 Å². The summed E-state index contributed by atoms with van der Waals surface area (Å²) in [6.07, 6.45) is 3.80. The number of cyclic esters (lactones) is 1. The van der Waals surface area contributed by atoms with Gasteiger partial charge in [0.05, 0.1) is 29.9 Å². The average Bonchev–Trinajstić information content (AvgIpc) is 3.77. The van der Waals surface area contributed by atoms with Gasteiger partial charge in [-0.1, -0.05) is 12.2 Å². The van der Waals surface area contributed by atoms with Crippen LogP contribution >= 0.6 is 24.0 Å². The Morgan fingerprint density at radius 2 is 1.86 bits per heavy atom. The highest BCUT2D eigenvalue weighted by molar-refractivity contribution is 8.22. The predicted octanol–water partition coefficient (Wildman–Crippen LogP) is 3.60. The van der Waals surface area contributed by atoms with Crippen LogP contribution in [0.25, 0.3) is 11.0 Å². The molecule has 11 nitrogen and oxygen atoms in total. The number of halogens is 2. The molecule has 3 aromatic rings. The summed E-state index contributed by atoms with van der Waals surface area (Å²) in [7, 11) is 0. The largest absolute Gasteiger partial charge is 0.477 e. The van der Waals surface area contributed by atoms with Crippen molar-refractivity contribution in [3.63, 3.8) is 0 Å². The summed E-state index contributed by atoms with van der Waals surface area (Å²) in [5, 5.41) is 12.4. The third kappa shape index (κ3) is 5.70. The van der Waals surface area contributed by atoms with Gasteiger partial charge in [0.15, 0.2) is 11.6 Å². The standard InChI is InChI=1S/C28H28F2N6O5S2/c1-43-27(42)31-12-17-13-36(28(40)41-17)16-4-5-22(20(29)10-16)33-6-8-34(9-7-33)25-21(30)11-18-23(37)19(26(38)39)14-35(15-2-3-15)24(18)32-25/h4-5,10-11,14-15,17H,2-3,6-9,12-13H2,1H3,(H,31,42)(H,38,39)/t17-/m0/s1. The molecule has 6 rings (SSSR count). The Balaban J connectivity index is 1.16. The lowest BCUT2D eigenvalue weighted by atomic mass is 10.1. The molecule has 43 heavy (non-hydrogen) atoms. The number of carboxylic acid groups (broad SMARTS) is 1. The molecule has 0 spiro atoms. The summed E-state index contributed by atoms with van der Waals surface area (Å²) in [5.41, 5.74) is -0.187. The highest BCUT2D eigenvalue weighted by atomic mass is 32.2. The van der Waals surface area contributed by atoms with Crippen LogP contribution in [-0.2, 0) is 4.74 Å². The topological polar surface area (TPSA) is 120 Å². The van der Waals surface area contributed by atoms with E-state index in [2.05, 4.69) is 10.3 Å². The zero-order valence-electron chi connectivity index (χ0n) is 23.1. The number of carbonyl (C=O) groups excluding carboxylic acids is 1. The van der Waals surface area contributed by atoms with E-state index >= 15 is 8.78 Å². The molecule has 0 bridgehead atoms. The second kappa shape index (κ2) is 11.6. The van der Waals surface area contributed by atoms with Crippen LogP contribution in [0.15, 0.2) is 35.3 Å². The molecule has 2 aromatic heterocycles. The van der Waals surface area contributed by atoms with Crippen LogP contribution in [0.5, 0.6) is 0 Å². The van der Waals surface area contributed by atoms with E-state index in [1.54, 1.807) is 21.6 Å². The fraction of sp³-hybridized carbons (Fsp3) is 0.393. The van der Waals surface area contributed by atoms with Gasteiger partial charge in [0, 0.05) is 38.4 Å². The Morgan fingerprint density at radius 3 is 2.51 bits per heavy atom. The van der Waals surface area contributed by atoms with Crippen molar-refractivity contribution >= 4 is 68.6 Å². The summed E-state index contributed by atoms with van der Waals surface area (Å²) in [5.74, 6) is -2.52. The van der Waals surface area contributed by atoms with E-state index in [0.29, 0.717) is 48.4 Å². The number of hydrogen-bond donors (Lipinski definition) is 2. The first-order valence-corrected chi connectivity index (χ1v) is 15.4. The van der Waals surface area contributed by atoms with Gasteiger partial charge in [-0.2, -0.15) is 0 Å². The molecule has 226 valence electrons. The van der Waals surface area contributed by atoms with Crippen LogP contribution in [0.4, 0.5) is 30.8 Å². The van der Waals surface area contributed by atoms with Gasteiger partial charge in [0.25, 0.3) is 0 Å². The Morgan fingerprint density at radius 1 is 1.14 bits per heavy atom. The number of benzene rings is 1. The molecule has 4 heterocycles. The lowest BCUT2D eigenvalue weighted by Gasteiger charge is -2.37. The summed E-state index contributed by atoms with van der Waals surface area (Å²) in [4.78, 5) is 46.2. The minimum atomic E-state index is -1.36. The van der Waals surface area contributed by atoms with Gasteiger partial charge in [-0.25, -0.2) is 23.4 Å². The number of aromatic nitrogens is 2. The predicted molar refractivity (Wildman–Crippen MR) is 164 cm³/mol. The Hall–Kier alpha value is -3.98. The number of thioether (sulfide) groups is 1. The zero-order chi connectivity index (χ0) is 30.4. The van der Waals surface area contributed by atoms with Crippen LogP contribution in [0, 0.1) is 11.6 Å². The number of amides is 1. The first-order chi connectivity index (χ1) is 20.6. The van der Waals surface area contributed by atoms with Gasteiger partial charge in [-0.15, -0.1) is 11.8 Å². The highest BCUT2D eigenvalue weighted by Gasteiger charge is 2.33. The van der Waals surface area contributed by atoms with Crippen molar-refractivity contribution in [2.24, 2.45) is 0 Å². The number of aromatic carboxylic acids is 1. The molecule has 3 aliphatic rings. The maximum absolute atomic E-state index is 15.3. The van der Waals surface area contributed by atoms with Crippen molar-refractivity contribution in [3.8, 4) is 0 Å². The smallest absolute Gasteiger partial charge is 0.414 e. The van der Waals surface area contributed by atoms with Gasteiger partial charge >= 0.3 is 12.1 Å². The van der Waals surface area contributed by atoms with Gasteiger partial charge in [0.2, 0.25) is 5.43 Å². The third-order valence-corrected chi connectivity index (χ3v) is 8.97. The van der Waals surface area contributed by atoms with Gasteiger partial charge in [0.1, 0.15) is 27.5 Å². The minimum Gasteiger partial charge on any atom is -0.477 e. The molecular weight excluding hydrogens is 602 g/mol. The number of carboxylic acids is 1. The second-order valence-corrected chi connectivity index (χ2v) is 12.1. The van der Waals surface area contributed by atoms with Crippen molar-refractivity contribution in [3.05, 3.63) is 57.9 Å². The molecule has 1 atom stereocenters. The highest BCUT2D eigenvalue weighted by Crippen LogP contribution is 2.37. The second-order valence-electron chi connectivity index (χ2n) is 10.6. The molecule has 0 unspecified atom stereocenters. The number of ether oxygens (including phenoxy) is 1. The van der Waals surface area contributed by atoms with Crippen molar-refractivity contribution in [1.29, 1.82) is 0 Å². The fourth-order valence-corrected chi connectivity index (χ4v) is 5.74. The number of rotatable bonds is 7. The third-order valence-electron chi connectivity index (χ3n) is 7.81. The van der Waals surface area contributed by atoms with Crippen LogP contribution in [-0.4, -0.2) is 82.7 Å². The quantitative estimate of drug-likeness (QED) is 0.373. The monoisotopic (exact) mass is 630 g/mol. The van der Waals surface area contributed by atoms with E-state index in [1.165, 1.54) is 28.9 Å². The number of nitrogens with zero attached hydrogens (tertiary/aromatic N) is 5. The number of fused-ring (bicyclic) bond motifs is 1. The molecule has 0 radical (unpaired) electrons. The normalized spacial score (nSPS) is 18.7. The summed E-state index contributed by atoms with van der Waals surface area (Å²) >= 11 is 6.50. The van der Waals surface area contributed by atoms with E-state index in [1.807, 2.05) is 11.2 Å². The molecule has 1 aromatic carbocycles. The lowest BCUT2D eigenvalue weighted by Crippen LogP contribution is -2.47. The number of hydrogen-bond acceptors (Lipinski definition) is 9. The maximum atomic E-state index is 15.3. The Kier molecular flexibility index (Phi) is 7.85. The Bertz CT molecular complexity index is 1690. The first kappa shape index (κ1) is 29.1. The van der Waals surface area contributed by atoms with Crippen molar-refractivity contribution in [1.82, 2.24) is 14.9 Å². The summed E-state index contributed by atoms with van der Waals surface area (Å²) < 4.78 is 38.2. The molecule has 2 aliphatic heterocycles. The van der Waals surface area contributed by atoms with Crippen LogP contribution in [0.1, 0.15) is 29.2 Å². The number of thiocarbonyl (C=S) groups is 1. The van der Waals surface area contributed by atoms with E-state index in [-0.39, 0.29) is 29.4 Å². The molecule has 1 amide bonds. The molecule has 15 heteroatoms. The van der Waals surface area contributed by atoms with E-state index < -0.39 is 40.8 Å². The summed E-state index contributed by atoms with van der Waals surface area (Å²) in [6.45, 7) is 2.04. The molecule has 2 saturated heterocycles. The van der Waals surface area contributed by atoms with Crippen LogP contribution < -0.4 is 25.4 Å². The molecule has 1 saturated carbocycles. The van der Waals surface area contributed by atoms with Crippen LogP contribution in [0.2, 0.25) is 0 Å². The number of anilines is 3. The number of carbonyl (C=O) groups is 2. The van der Waals surface area contributed by atoms with Crippen molar-refractivity contribution in [2.75, 3.05) is 60.2 Å². The van der Waals surface area contributed by atoms with Gasteiger partial charge < -0.3 is 29.5 Å². The molecule has 2 N–H and O–H groups in total. The van der Waals surface area contributed by atoms with E-state index in [9.17, 15) is 19.5 Å². The number of pyridine rings is 2. The van der Waals surface area contributed by atoms with Gasteiger partial charge in [-0.3, -0.25) is 9.69 Å². The SMILES string of the molecule is CSC(=S)NC[C@H]1CN(c2ccc(N3CCN(c4nc5c(cc4F)c(=O)c(C(=O)O)cn5C4CC4)CC3)c(F)c2)C(=O)O1. The van der Waals surface area contributed by atoms with Crippen LogP contribution in [0.3, 0.4) is 0 Å². The number of nitrogens with one attached hydrogen (secondary N) is 1. The maximum Gasteiger partial charge on any atom is 0.414 e. The van der Waals surface area contributed by atoms with Crippen molar-refractivity contribution in [2.45, 2.75) is 25.0 Å². The summed E-state index contributed by atoms with van der Waals surface area (Å²) in [6, 6.07) is 5.67. The molecule has 1 aliphatic carbocycles. The van der Waals surface area contributed by atoms with E-state index in [4.69, 9.17) is 17.0 Å². The number of piperazine rings is 1. The zero-order valence-corrected chi connectivity index (χ0v) is 24.7.